The highest BCUT2D eigenvalue weighted by Crippen LogP contribution is 2.26. The molecule has 0 saturated carbocycles. The molecule has 0 radical (unpaired) electrons. The molecule has 14 heavy (non-hydrogen) atoms. The van der Waals surface area contributed by atoms with E-state index in [2.05, 4.69) is 0 Å². The maximum absolute atomic E-state index is 9.51. The van der Waals surface area contributed by atoms with Gasteiger partial charge < -0.3 is 15.9 Å². The van der Waals surface area contributed by atoms with Crippen molar-refractivity contribution < 1.29 is 10.2 Å². The second kappa shape index (κ2) is 3.98. The minimum absolute atomic E-state index is 0.0433. The molecule has 3 heteroatoms. The summed E-state index contributed by atoms with van der Waals surface area (Å²) in [5, 5.41) is 18.4. The highest BCUT2D eigenvalue weighted by molar-refractivity contribution is 5.38. The zero-order valence-corrected chi connectivity index (χ0v) is 8.62. The third-order valence-corrected chi connectivity index (χ3v) is 2.50. The highest BCUT2D eigenvalue weighted by atomic mass is 16.3. The molecule has 0 amide bonds. The zero-order chi connectivity index (χ0) is 10.8. The summed E-state index contributed by atoms with van der Waals surface area (Å²) in [5.74, 6) is 0.247. The Morgan fingerprint density at radius 2 is 2.07 bits per heavy atom. The van der Waals surface area contributed by atoms with Crippen LogP contribution in [0.1, 0.15) is 24.5 Å². The maximum atomic E-state index is 9.51. The molecular formula is C11H17NO2. The van der Waals surface area contributed by atoms with E-state index in [-0.39, 0.29) is 12.4 Å². The largest absolute Gasteiger partial charge is 0.508 e. The summed E-state index contributed by atoms with van der Waals surface area (Å²) in [6.07, 6.45) is 0.482. The molecule has 3 nitrogen and oxygen atoms in total. The van der Waals surface area contributed by atoms with Crippen LogP contribution in [0.2, 0.25) is 0 Å². The quantitative estimate of drug-likeness (QED) is 0.680. The van der Waals surface area contributed by atoms with Crippen molar-refractivity contribution in [3.63, 3.8) is 0 Å². The number of aryl methyl sites for hydroxylation is 1. The van der Waals surface area contributed by atoms with Crippen molar-refractivity contribution >= 4 is 0 Å². The minimum Gasteiger partial charge on any atom is -0.508 e. The number of hydrogen-bond acceptors (Lipinski definition) is 3. The van der Waals surface area contributed by atoms with E-state index in [4.69, 9.17) is 10.8 Å². The number of rotatable bonds is 3. The van der Waals surface area contributed by atoms with Gasteiger partial charge in [0.1, 0.15) is 5.75 Å². The number of phenolic OH excluding ortho intramolecular Hbond substituents is 1. The number of hydrogen-bond donors (Lipinski definition) is 3. The first-order valence-electron chi connectivity index (χ1n) is 4.67. The molecule has 0 aromatic heterocycles. The summed E-state index contributed by atoms with van der Waals surface area (Å²) < 4.78 is 0. The van der Waals surface area contributed by atoms with Crippen LogP contribution < -0.4 is 5.73 Å². The molecule has 0 fully saturated rings. The van der Waals surface area contributed by atoms with Crippen molar-refractivity contribution in [2.45, 2.75) is 25.8 Å². The lowest BCUT2D eigenvalue weighted by molar-refractivity contribution is 0.247. The van der Waals surface area contributed by atoms with Gasteiger partial charge in [0.25, 0.3) is 0 Å². The van der Waals surface area contributed by atoms with Gasteiger partial charge in [-0.15, -0.1) is 0 Å². The van der Waals surface area contributed by atoms with E-state index in [1.807, 2.05) is 26.0 Å². The first kappa shape index (κ1) is 11.0. The average Bonchev–Trinajstić information content (AvgIpc) is 2.09. The van der Waals surface area contributed by atoms with Gasteiger partial charge in [-0.25, -0.2) is 0 Å². The fourth-order valence-electron chi connectivity index (χ4n) is 1.34. The molecule has 1 aromatic rings. The summed E-state index contributed by atoms with van der Waals surface area (Å²) in [6, 6.07) is 5.36. The number of benzene rings is 1. The molecule has 78 valence electrons. The van der Waals surface area contributed by atoms with Crippen molar-refractivity contribution in [2.75, 3.05) is 6.61 Å². The Balaban J connectivity index is 3.01. The van der Waals surface area contributed by atoms with Crippen LogP contribution in [0, 0.1) is 6.92 Å². The van der Waals surface area contributed by atoms with Gasteiger partial charge >= 0.3 is 0 Å². The van der Waals surface area contributed by atoms with E-state index < -0.39 is 5.54 Å². The molecule has 0 saturated heterocycles. The van der Waals surface area contributed by atoms with E-state index >= 15 is 0 Å². The molecule has 0 unspecified atom stereocenters. The van der Waals surface area contributed by atoms with Gasteiger partial charge in [-0.3, -0.25) is 0 Å². The second-order valence-electron chi connectivity index (χ2n) is 3.89. The molecule has 0 aliphatic heterocycles. The average molecular weight is 195 g/mol. The first-order valence-corrected chi connectivity index (χ1v) is 4.67. The van der Waals surface area contributed by atoms with Gasteiger partial charge in [-0.2, -0.15) is 0 Å². The predicted molar refractivity (Wildman–Crippen MR) is 56.1 cm³/mol. The van der Waals surface area contributed by atoms with E-state index in [0.717, 1.165) is 11.1 Å². The topological polar surface area (TPSA) is 66.5 Å². The van der Waals surface area contributed by atoms with Crippen LogP contribution in [0.3, 0.4) is 0 Å². The summed E-state index contributed by atoms with van der Waals surface area (Å²) in [6.45, 7) is 3.72. The molecule has 0 aliphatic rings. The van der Waals surface area contributed by atoms with Gasteiger partial charge in [0.15, 0.2) is 0 Å². The van der Waals surface area contributed by atoms with Gasteiger partial charge in [0.2, 0.25) is 0 Å². The van der Waals surface area contributed by atoms with Crippen LogP contribution in [0.5, 0.6) is 5.75 Å². The summed E-state index contributed by atoms with van der Waals surface area (Å²) in [4.78, 5) is 0. The minimum atomic E-state index is -0.583. The number of nitrogens with two attached hydrogens (primary N) is 1. The van der Waals surface area contributed by atoms with Gasteiger partial charge in [0, 0.05) is 12.1 Å². The Kier molecular flexibility index (Phi) is 3.13. The molecule has 0 aliphatic carbocycles. The Labute approximate surface area is 84.2 Å². The van der Waals surface area contributed by atoms with Gasteiger partial charge in [-0.05, 0) is 37.5 Å². The Morgan fingerprint density at radius 3 is 2.57 bits per heavy atom. The smallest absolute Gasteiger partial charge is 0.118 e. The molecule has 1 aromatic carbocycles. The van der Waals surface area contributed by atoms with Crippen LogP contribution in [0.15, 0.2) is 18.2 Å². The molecule has 1 rings (SSSR count). The van der Waals surface area contributed by atoms with E-state index in [0.29, 0.717) is 6.42 Å². The monoisotopic (exact) mass is 195 g/mol. The van der Waals surface area contributed by atoms with Crippen LogP contribution >= 0.6 is 0 Å². The normalized spacial score (nSPS) is 15.1. The third-order valence-electron chi connectivity index (χ3n) is 2.50. The lowest BCUT2D eigenvalue weighted by atomic mass is 9.89. The van der Waals surface area contributed by atoms with Crippen LogP contribution in [0.25, 0.3) is 0 Å². The van der Waals surface area contributed by atoms with Crippen molar-refractivity contribution in [3.8, 4) is 5.75 Å². The number of aliphatic hydroxyl groups is 1. The summed E-state index contributed by atoms with van der Waals surface area (Å²) >= 11 is 0. The molecule has 1 atom stereocenters. The highest BCUT2D eigenvalue weighted by Gasteiger charge is 2.20. The molecule has 4 N–H and O–H groups in total. The van der Waals surface area contributed by atoms with Crippen molar-refractivity contribution in [2.24, 2.45) is 5.73 Å². The van der Waals surface area contributed by atoms with Gasteiger partial charge in [-0.1, -0.05) is 12.1 Å². The Hall–Kier alpha value is -1.06. The number of phenols is 1. The summed E-state index contributed by atoms with van der Waals surface area (Å²) in [5.41, 5.74) is 7.08. The van der Waals surface area contributed by atoms with Gasteiger partial charge in [0.05, 0.1) is 0 Å². The van der Waals surface area contributed by atoms with E-state index in [1.165, 1.54) is 0 Å². The maximum Gasteiger partial charge on any atom is 0.118 e. The van der Waals surface area contributed by atoms with Crippen molar-refractivity contribution in [3.05, 3.63) is 29.3 Å². The number of aromatic hydroxyl groups is 1. The van der Waals surface area contributed by atoms with E-state index in [1.54, 1.807) is 6.07 Å². The Bertz CT molecular complexity index is 321. The standard InChI is InChI=1S/C11H17NO2/c1-8-3-4-9(7-10(8)14)11(2,12)5-6-13/h3-4,7,13-14H,5-6,12H2,1-2H3/t11-/m1/s1. The third kappa shape index (κ3) is 2.25. The number of aliphatic hydroxyl groups excluding tert-OH is 1. The SMILES string of the molecule is Cc1ccc([C@](C)(N)CCO)cc1O. The van der Waals surface area contributed by atoms with Crippen molar-refractivity contribution in [1.29, 1.82) is 0 Å². The van der Waals surface area contributed by atoms with Crippen LogP contribution in [-0.4, -0.2) is 16.8 Å². The van der Waals surface area contributed by atoms with Crippen LogP contribution in [-0.2, 0) is 5.54 Å². The fraction of sp³-hybridized carbons (Fsp3) is 0.455. The first-order chi connectivity index (χ1) is 6.47. The second-order valence-corrected chi connectivity index (χ2v) is 3.89. The Morgan fingerprint density at radius 1 is 1.43 bits per heavy atom. The molecule has 0 spiro atoms. The van der Waals surface area contributed by atoms with E-state index in [9.17, 15) is 5.11 Å². The molecule has 0 bridgehead atoms. The molecule has 0 heterocycles. The van der Waals surface area contributed by atoms with Crippen LogP contribution in [0.4, 0.5) is 0 Å². The predicted octanol–water partition coefficient (Wildman–Crippen LogP) is 1.26. The molecular weight excluding hydrogens is 178 g/mol. The fourth-order valence-corrected chi connectivity index (χ4v) is 1.34. The summed E-state index contributed by atoms with van der Waals surface area (Å²) in [7, 11) is 0. The lowest BCUT2D eigenvalue weighted by Crippen LogP contribution is -2.33. The lowest BCUT2D eigenvalue weighted by Gasteiger charge is -2.24. The zero-order valence-electron chi connectivity index (χ0n) is 8.62. The van der Waals surface area contributed by atoms with Crippen molar-refractivity contribution in [1.82, 2.24) is 0 Å².